The van der Waals surface area contributed by atoms with Crippen LogP contribution in [0.4, 0.5) is 5.82 Å². The summed E-state index contributed by atoms with van der Waals surface area (Å²) in [5.74, 6) is 0.885. The Morgan fingerprint density at radius 2 is 1.60 bits per heavy atom. The Morgan fingerprint density at radius 1 is 0.850 bits per heavy atom. The minimum atomic E-state index is 0.559. The van der Waals surface area contributed by atoms with Crippen LogP contribution in [0.5, 0.6) is 0 Å². The van der Waals surface area contributed by atoms with Gasteiger partial charge in [0, 0.05) is 18.5 Å². The van der Waals surface area contributed by atoms with Gasteiger partial charge < -0.3 is 11.1 Å². The molecule has 0 aliphatic carbocycles. The van der Waals surface area contributed by atoms with E-state index >= 15 is 0 Å². The second-order valence-electron chi connectivity index (χ2n) is 4.72. The summed E-state index contributed by atoms with van der Waals surface area (Å²) in [6, 6.07) is 20.4. The Labute approximate surface area is 118 Å². The van der Waals surface area contributed by atoms with Crippen LogP contribution < -0.4 is 11.1 Å². The molecule has 1 heterocycles. The minimum absolute atomic E-state index is 0.559. The van der Waals surface area contributed by atoms with Crippen LogP contribution in [0, 0.1) is 0 Å². The summed E-state index contributed by atoms with van der Waals surface area (Å²) in [7, 11) is 0. The van der Waals surface area contributed by atoms with Gasteiger partial charge in [0.15, 0.2) is 0 Å². The number of nitrogens with zero attached hydrogens (tertiary/aromatic N) is 1. The van der Waals surface area contributed by atoms with Crippen molar-refractivity contribution in [1.82, 2.24) is 4.98 Å². The van der Waals surface area contributed by atoms with Crippen molar-refractivity contribution in [3.8, 4) is 0 Å². The number of aromatic nitrogens is 1. The molecular formula is C17H17N3. The SMILES string of the molecule is NCc1ccccc1CNc1ccc2ccccc2n1. The van der Waals surface area contributed by atoms with E-state index in [4.69, 9.17) is 5.73 Å². The molecule has 0 bridgehead atoms. The third kappa shape index (κ3) is 2.63. The zero-order valence-electron chi connectivity index (χ0n) is 11.2. The summed E-state index contributed by atoms with van der Waals surface area (Å²) >= 11 is 0. The summed E-state index contributed by atoms with van der Waals surface area (Å²) in [6.07, 6.45) is 0. The number of nitrogens with one attached hydrogen (secondary N) is 1. The number of hydrogen-bond donors (Lipinski definition) is 2. The highest BCUT2D eigenvalue weighted by molar-refractivity contribution is 5.80. The largest absolute Gasteiger partial charge is 0.366 e. The molecule has 0 radical (unpaired) electrons. The molecule has 0 saturated heterocycles. The number of hydrogen-bond acceptors (Lipinski definition) is 3. The van der Waals surface area contributed by atoms with Gasteiger partial charge in [-0.05, 0) is 29.3 Å². The molecule has 0 aliphatic rings. The highest BCUT2D eigenvalue weighted by Gasteiger charge is 2.01. The van der Waals surface area contributed by atoms with Gasteiger partial charge in [0.2, 0.25) is 0 Å². The van der Waals surface area contributed by atoms with Crippen molar-refractivity contribution in [1.29, 1.82) is 0 Å². The first-order valence-corrected chi connectivity index (χ1v) is 6.73. The van der Waals surface area contributed by atoms with E-state index in [-0.39, 0.29) is 0 Å². The van der Waals surface area contributed by atoms with Crippen LogP contribution >= 0.6 is 0 Å². The van der Waals surface area contributed by atoms with Crippen LogP contribution in [0.15, 0.2) is 60.7 Å². The van der Waals surface area contributed by atoms with Crippen LogP contribution in [0.1, 0.15) is 11.1 Å². The molecule has 2 aromatic carbocycles. The molecule has 1 aromatic heterocycles. The second-order valence-corrected chi connectivity index (χ2v) is 4.72. The first kappa shape index (κ1) is 12.6. The molecular weight excluding hydrogens is 246 g/mol. The van der Waals surface area contributed by atoms with Crippen LogP contribution in [-0.2, 0) is 13.1 Å². The predicted octanol–water partition coefficient (Wildman–Crippen LogP) is 3.31. The molecule has 0 unspecified atom stereocenters. The van der Waals surface area contributed by atoms with Crippen molar-refractivity contribution in [3.05, 3.63) is 71.8 Å². The number of nitrogens with two attached hydrogens (primary N) is 1. The van der Waals surface area contributed by atoms with Crippen molar-refractivity contribution in [2.45, 2.75) is 13.1 Å². The van der Waals surface area contributed by atoms with Crippen molar-refractivity contribution >= 4 is 16.7 Å². The van der Waals surface area contributed by atoms with E-state index < -0.39 is 0 Å². The number of fused-ring (bicyclic) bond motifs is 1. The van der Waals surface area contributed by atoms with Gasteiger partial charge in [0.05, 0.1) is 5.52 Å². The number of rotatable bonds is 4. The van der Waals surface area contributed by atoms with E-state index in [1.165, 1.54) is 11.1 Å². The maximum atomic E-state index is 5.75. The Bertz CT molecular complexity index is 722. The van der Waals surface area contributed by atoms with Gasteiger partial charge in [-0.15, -0.1) is 0 Å². The molecule has 0 saturated carbocycles. The summed E-state index contributed by atoms with van der Waals surface area (Å²) in [4.78, 5) is 4.60. The van der Waals surface area contributed by atoms with Gasteiger partial charge >= 0.3 is 0 Å². The van der Waals surface area contributed by atoms with Crippen molar-refractivity contribution in [3.63, 3.8) is 0 Å². The van der Waals surface area contributed by atoms with Gasteiger partial charge in [-0.3, -0.25) is 0 Å². The zero-order chi connectivity index (χ0) is 13.8. The number of anilines is 1. The van der Waals surface area contributed by atoms with Crippen LogP contribution in [0.3, 0.4) is 0 Å². The molecule has 3 aromatic rings. The second kappa shape index (κ2) is 5.72. The van der Waals surface area contributed by atoms with Crippen LogP contribution in [0.2, 0.25) is 0 Å². The third-order valence-corrected chi connectivity index (χ3v) is 3.40. The fourth-order valence-corrected chi connectivity index (χ4v) is 2.28. The molecule has 3 N–H and O–H groups in total. The molecule has 0 spiro atoms. The Hall–Kier alpha value is -2.39. The lowest BCUT2D eigenvalue weighted by molar-refractivity contribution is 1.00. The number of pyridine rings is 1. The van der Waals surface area contributed by atoms with E-state index in [0.717, 1.165) is 23.3 Å². The zero-order valence-corrected chi connectivity index (χ0v) is 11.2. The van der Waals surface area contributed by atoms with E-state index in [9.17, 15) is 0 Å². The predicted molar refractivity (Wildman–Crippen MR) is 83.4 cm³/mol. The lowest BCUT2D eigenvalue weighted by atomic mass is 10.1. The molecule has 3 rings (SSSR count). The quantitative estimate of drug-likeness (QED) is 0.759. The van der Waals surface area contributed by atoms with E-state index in [2.05, 4.69) is 34.6 Å². The fraction of sp³-hybridized carbons (Fsp3) is 0.118. The van der Waals surface area contributed by atoms with E-state index in [1.807, 2.05) is 36.4 Å². The summed E-state index contributed by atoms with van der Waals surface area (Å²) < 4.78 is 0. The van der Waals surface area contributed by atoms with Crippen LogP contribution in [-0.4, -0.2) is 4.98 Å². The monoisotopic (exact) mass is 263 g/mol. The van der Waals surface area contributed by atoms with Crippen molar-refractivity contribution in [2.75, 3.05) is 5.32 Å². The molecule has 3 nitrogen and oxygen atoms in total. The topological polar surface area (TPSA) is 50.9 Å². The van der Waals surface area contributed by atoms with E-state index in [1.54, 1.807) is 0 Å². The Kier molecular flexibility index (Phi) is 3.61. The molecule has 0 fully saturated rings. The average molecular weight is 263 g/mol. The Morgan fingerprint density at radius 3 is 2.45 bits per heavy atom. The molecule has 100 valence electrons. The summed E-state index contributed by atoms with van der Waals surface area (Å²) in [5.41, 5.74) is 9.14. The maximum Gasteiger partial charge on any atom is 0.126 e. The Balaban J connectivity index is 1.79. The summed E-state index contributed by atoms with van der Waals surface area (Å²) in [6.45, 7) is 1.29. The normalized spacial score (nSPS) is 10.7. The van der Waals surface area contributed by atoms with Gasteiger partial charge in [0.1, 0.15) is 5.82 Å². The highest BCUT2D eigenvalue weighted by atomic mass is 15.0. The van der Waals surface area contributed by atoms with Gasteiger partial charge in [-0.2, -0.15) is 0 Å². The fourth-order valence-electron chi connectivity index (χ4n) is 2.28. The standard InChI is InChI=1S/C17H17N3/c18-11-14-6-1-2-7-15(14)12-19-17-10-9-13-5-3-4-8-16(13)20-17/h1-10H,11-12,18H2,(H,19,20). The minimum Gasteiger partial charge on any atom is -0.366 e. The molecule has 3 heteroatoms. The van der Waals surface area contributed by atoms with Crippen molar-refractivity contribution < 1.29 is 0 Å². The highest BCUT2D eigenvalue weighted by Crippen LogP contribution is 2.16. The smallest absolute Gasteiger partial charge is 0.126 e. The first-order chi connectivity index (χ1) is 9.86. The first-order valence-electron chi connectivity index (χ1n) is 6.73. The van der Waals surface area contributed by atoms with Gasteiger partial charge in [-0.1, -0.05) is 42.5 Å². The molecule has 20 heavy (non-hydrogen) atoms. The molecule has 0 amide bonds. The van der Waals surface area contributed by atoms with Crippen molar-refractivity contribution in [2.24, 2.45) is 5.73 Å². The number of para-hydroxylation sites is 1. The van der Waals surface area contributed by atoms with Crippen LogP contribution in [0.25, 0.3) is 10.9 Å². The molecule has 0 aliphatic heterocycles. The maximum absolute atomic E-state index is 5.75. The molecule has 0 atom stereocenters. The lowest BCUT2D eigenvalue weighted by Gasteiger charge is -2.10. The van der Waals surface area contributed by atoms with Gasteiger partial charge in [0.25, 0.3) is 0 Å². The number of benzene rings is 2. The van der Waals surface area contributed by atoms with E-state index in [0.29, 0.717) is 6.54 Å². The lowest BCUT2D eigenvalue weighted by Crippen LogP contribution is -2.07. The van der Waals surface area contributed by atoms with Gasteiger partial charge in [-0.25, -0.2) is 4.98 Å². The summed E-state index contributed by atoms with van der Waals surface area (Å²) in [5, 5.41) is 4.51. The average Bonchev–Trinajstić information content (AvgIpc) is 2.53. The third-order valence-electron chi connectivity index (χ3n) is 3.40.